The Labute approximate surface area is 222 Å². The highest BCUT2D eigenvalue weighted by molar-refractivity contribution is 7.10. The highest BCUT2D eigenvalue weighted by atomic mass is 32.1. The van der Waals surface area contributed by atoms with Crippen molar-refractivity contribution in [3.8, 4) is 11.4 Å². The molecule has 3 aromatic heterocycles. The molecule has 3 aromatic rings. The fourth-order valence-corrected chi connectivity index (χ4v) is 5.39. The number of fused-ring (bicyclic) bond motifs is 1. The van der Waals surface area contributed by atoms with Crippen molar-refractivity contribution in [2.75, 3.05) is 0 Å². The van der Waals surface area contributed by atoms with Crippen LogP contribution < -0.4 is 21.2 Å². The van der Waals surface area contributed by atoms with E-state index in [1.54, 1.807) is 11.3 Å². The van der Waals surface area contributed by atoms with Crippen molar-refractivity contribution in [2.24, 2.45) is 5.92 Å². The van der Waals surface area contributed by atoms with Crippen molar-refractivity contribution < 1.29 is 0 Å². The summed E-state index contributed by atoms with van der Waals surface area (Å²) in [7, 11) is 0. The summed E-state index contributed by atoms with van der Waals surface area (Å²) < 4.78 is 0. The number of nitrogens with zero attached hydrogens (tertiary/aromatic N) is 1. The molecule has 0 bridgehead atoms. The Morgan fingerprint density at radius 1 is 1.24 bits per heavy atom. The second-order valence-electron chi connectivity index (χ2n) is 9.33. The molecule has 0 spiro atoms. The van der Waals surface area contributed by atoms with Gasteiger partial charge in [0.2, 0.25) is 0 Å². The summed E-state index contributed by atoms with van der Waals surface area (Å²) in [6.07, 6.45) is 16.6. The van der Waals surface area contributed by atoms with Crippen molar-refractivity contribution in [3.05, 3.63) is 117 Å². The molecule has 6 heteroatoms. The molecule has 0 saturated heterocycles. The van der Waals surface area contributed by atoms with Crippen LogP contribution in [0.5, 0.6) is 0 Å². The first-order valence-corrected chi connectivity index (χ1v) is 13.5. The van der Waals surface area contributed by atoms with E-state index in [2.05, 4.69) is 88.3 Å². The van der Waals surface area contributed by atoms with Crippen LogP contribution in [0.25, 0.3) is 29.6 Å². The van der Waals surface area contributed by atoms with Crippen molar-refractivity contribution in [2.45, 2.75) is 32.7 Å². The van der Waals surface area contributed by atoms with Gasteiger partial charge in [-0.3, -0.25) is 5.10 Å². The van der Waals surface area contributed by atoms with E-state index in [9.17, 15) is 0 Å². The van der Waals surface area contributed by atoms with Gasteiger partial charge in [0.1, 0.15) is 5.69 Å². The average molecular weight is 508 g/mol. The fourth-order valence-electron chi connectivity index (χ4n) is 4.59. The molecule has 0 aromatic carbocycles. The highest BCUT2D eigenvalue weighted by Crippen LogP contribution is 2.35. The molecule has 188 valence electrons. The minimum Gasteiger partial charge on any atom is -0.379 e. The van der Waals surface area contributed by atoms with Crippen molar-refractivity contribution >= 4 is 29.6 Å². The maximum Gasteiger partial charge on any atom is 0.116 e. The van der Waals surface area contributed by atoms with E-state index in [1.807, 2.05) is 32.2 Å². The SMILES string of the molecule is C=C/C(=C\C(=C/C)C(=C)/C=c1/c(-c2cc3c([nH]2)C=CNC3c2cccs2)n[nH]/c1=C/C)NC(=C)C1CC1. The van der Waals surface area contributed by atoms with E-state index >= 15 is 0 Å². The third-order valence-corrected chi connectivity index (χ3v) is 7.75. The molecule has 4 N–H and O–H groups in total. The maximum atomic E-state index is 4.69. The lowest BCUT2D eigenvalue weighted by Crippen LogP contribution is -2.23. The lowest BCUT2D eigenvalue weighted by molar-refractivity contribution is 0.735. The predicted molar refractivity (Wildman–Crippen MR) is 157 cm³/mol. The highest BCUT2D eigenvalue weighted by Gasteiger charge is 2.25. The fraction of sp³-hybridized carbons (Fsp3) is 0.194. The zero-order chi connectivity index (χ0) is 25.9. The van der Waals surface area contributed by atoms with Crippen LogP contribution in [0.2, 0.25) is 0 Å². The monoisotopic (exact) mass is 507 g/mol. The Balaban J connectivity index is 1.50. The number of aromatic nitrogens is 3. The van der Waals surface area contributed by atoms with Crippen LogP contribution in [-0.4, -0.2) is 15.2 Å². The van der Waals surface area contributed by atoms with E-state index in [-0.39, 0.29) is 6.04 Å². The Hall–Kier alpha value is -4.03. The van der Waals surface area contributed by atoms with Crippen LogP contribution in [0.15, 0.2) is 90.3 Å². The zero-order valence-electron chi connectivity index (χ0n) is 21.4. The van der Waals surface area contributed by atoms with Gasteiger partial charge < -0.3 is 15.6 Å². The first kappa shape index (κ1) is 24.7. The van der Waals surface area contributed by atoms with Gasteiger partial charge in [-0.2, -0.15) is 5.10 Å². The minimum absolute atomic E-state index is 0.124. The standard InChI is InChI=1S/C31H33N5S/c1-6-21(17-23(7-2)33-20(5)22-11-12-22)19(4)16-24-26(8-3)35-36-30(24)28-18-25-27(34-28)13-14-32-31(25)29-10-9-15-37-29/h6-10,13-18,22,31-35H,2,4-5,11-12H2,1,3H3/b21-6+,23-17+,24-16+,26-8+. The van der Waals surface area contributed by atoms with E-state index in [0.717, 1.165) is 50.2 Å². The third-order valence-electron chi connectivity index (χ3n) is 6.82. The lowest BCUT2D eigenvalue weighted by Gasteiger charge is -2.19. The molecular formula is C31H33N5S. The number of H-pyrrole nitrogens is 2. The normalized spacial score (nSPS) is 18.5. The van der Waals surface area contributed by atoms with Gasteiger partial charge in [0, 0.05) is 32.7 Å². The number of nitrogens with one attached hydrogen (secondary N) is 4. The topological polar surface area (TPSA) is 68.5 Å². The van der Waals surface area contributed by atoms with Gasteiger partial charge in [-0.1, -0.05) is 38.0 Å². The molecule has 1 fully saturated rings. The summed E-state index contributed by atoms with van der Waals surface area (Å²) in [5.41, 5.74) is 8.01. The van der Waals surface area contributed by atoms with Crippen molar-refractivity contribution in [3.63, 3.8) is 0 Å². The Bertz CT molecular complexity index is 1550. The van der Waals surface area contributed by atoms with Crippen LogP contribution in [0.3, 0.4) is 0 Å². The van der Waals surface area contributed by atoms with Gasteiger partial charge in [0.25, 0.3) is 0 Å². The molecule has 5 nitrogen and oxygen atoms in total. The van der Waals surface area contributed by atoms with Gasteiger partial charge in [-0.05, 0) is 91.8 Å². The lowest BCUT2D eigenvalue weighted by atomic mass is 10.0. The second kappa shape index (κ2) is 10.5. The number of hydrogen-bond donors (Lipinski definition) is 4. The summed E-state index contributed by atoms with van der Waals surface area (Å²) in [6, 6.07) is 6.58. The zero-order valence-corrected chi connectivity index (χ0v) is 22.2. The van der Waals surface area contributed by atoms with Gasteiger partial charge in [0.15, 0.2) is 0 Å². The predicted octanol–water partition coefficient (Wildman–Crippen LogP) is 5.80. The van der Waals surface area contributed by atoms with E-state index in [0.29, 0.717) is 5.92 Å². The Morgan fingerprint density at radius 2 is 2.08 bits per heavy atom. The van der Waals surface area contributed by atoms with E-state index in [4.69, 9.17) is 5.10 Å². The molecule has 1 aliphatic carbocycles. The third kappa shape index (κ3) is 5.11. The summed E-state index contributed by atoms with van der Waals surface area (Å²) in [4.78, 5) is 4.87. The van der Waals surface area contributed by atoms with Crippen LogP contribution in [0.4, 0.5) is 0 Å². The van der Waals surface area contributed by atoms with Crippen LogP contribution in [0, 0.1) is 5.92 Å². The molecule has 5 rings (SSSR count). The second-order valence-corrected chi connectivity index (χ2v) is 10.3. The molecule has 37 heavy (non-hydrogen) atoms. The van der Waals surface area contributed by atoms with E-state index < -0.39 is 0 Å². The maximum absolute atomic E-state index is 4.69. The smallest absolute Gasteiger partial charge is 0.116 e. The molecule has 1 unspecified atom stereocenters. The molecule has 0 amide bonds. The van der Waals surface area contributed by atoms with Crippen LogP contribution in [0.1, 0.15) is 48.9 Å². The quantitative estimate of drug-likeness (QED) is 0.277. The van der Waals surface area contributed by atoms with Gasteiger partial charge in [0.05, 0.1) is 17.1 Å². The number of hydrogen-bond acceptors (Lipinski definition) is 4. The molecule has 1 atom stereocenters. The molecular weight excluding hydrogens is 474 g/mol. The van der Waals surface area contributed by atoms with Crippen molar-refractivity contribution in [1.82, 2.24) is 25.8 Å². The minimum atomic E-state index is 0.124. The number of allylic oxidation sites excluding steroid dienone is 6. The average Bonchev–Trinajstić information content (AvgIpc) is 3.28. The molecule has 1 aliphatic heterocycles. The number of rotatable bonds is 9. The first-order chi connectivity index (χ1) is 18.0. The Kier molecular flexibility index (Phi) is 7.01. The van der Waals surface area contributed by atoms with Crippen LogP contribution in [-0.2, 0) is 0 Å². The van der Waals surface area contributed by atoms with Gasteiger partial charge in [-0.25, -0.2) is 0 Å². The molecule has 1 saturated carbocycles. The first-order valence-electron chi connectivity index (χ1n) is 12.6. The molecule has 2 aliphatic rings. The largest absolute Gasteiger partial charge is 0.379 e. The summed E-state index contributed by atoms with van der Waals surface area (Å²) >= 11 is 1.75. The van der Waals surface area contributed by atoms with Crippen molar-refractivity contribution in [1.29, 1.82) is 0 Å². The number of thiophene rings is 1. The summed E-state index contributed by atoms with van der Waals surface area (Å²) in [6.45, 7) is 16.6. The summed E-state index contributed by atoms with van der Waals surface area (Å²) in [5, 5.41) is 18.9. The van der Waals surface area contributed by atoms with Gasteiger partial charge in [-0.15, -0.1) is 11.3 Å². The number of aromatic amines is 2. The Morgan fingerprint density at radius 3 is 2.76 bits per heavy atom. The molecule has 0 radical (unpaired) electrons. The van der Waals surface area contributed by atoms with E-state index in [1.165, 1.54) is 23.3 Å². The summed E-state index contributed by atoms with van der Waals surface area (Å²) in [5.74, 6) is 0.569. The van der Waals surface area contributed by atoms with Gasteiger partial charge >= 0.3 is 0 Å². The molecule has 4 heterocycles. The van der Waals surface area contributed by atoms with Crippen LogP contribution >= 0.6 is 11.3 Å².